The maximum atomic E-state index is 14.6. The summed E-state index contributed by atoms with van der Waals surface area (Å²) >= 11 is 0. The van der Waals surface area contributed by atoms with Gasteiger partial charge >= 0.3 is 24.4 Å². The van der Waals surface area contributed by atoms with Crippen LogP contribution in [-0.4, -0.2) is 134 Å². The van der Waals surface area contributed by atoms with E-state index in [0.717, 1.165) is 49.8 Å². The largest absolute Gasteiger partial charge is 0.465 e. The average Bonchev–Trinajstić information content (AvgIpc) is 3.94. The molecule has 3 atom stereocenters. The van der Waals surface area contributed by atoms with Gasteiger partial charge in [0.05, 0.1) is 49.6 Å². The lowest BCUT2D eigenvalue weighted by molar-refractivity contribution is -0.205. The van der Waals surface area contributed by atoms with E-state index >= 15 is 0 Å². The Labute approximate surface area is 356 Å². The van der Waals surface area contributed by atoms with Crippen LogP contribution in [0.5, 0.6) is 0 Å². The van der Waals surface area contributed by atoms with E-state index in [9.17, 15) is 50.3 Å². The summed E-state index contributed by atoms with van der Waals surface area (Å²) < 4.78 is 107. The lowest BCUT2D eigenvalue weighted by atomic mass is 9.70. The fourth-order valence-corrected chi connectivity index (χ4v) is 10.0. The maximum absolute atomic E-state index is 14.6. The zero-order chi connectivity index (χ0) is 45.2. The van der Waals surface area contributed by atoms with Crippen molar-refractivity contribution >= 4 is 29.8 Å². The number of hydrogen-bond donors (Lipinski definition) is 1. The van der Waals surface area contributed by atoms with E-state index in [1.54, 1.807) is 27.7 Å². The van der Waals surface area contributed by atoms with Crippen molar-refractivity contribution in [1.82, 2.24) is 20.0 Å². The number of methoxy groups -OCH3 is 1. The SMILES string of the molecule is COC(=O)c1ccc(C2CCN(C(=O)[C@@H](NC(=O)[C@@H]3CN(C(=O)OC(C)(C)C)CC34CN(C(=O)C3(C(F)(F)F)CC3)C4)[C@@H](C)OCC34CCC(CC3)OC4)CC2)cc1C(F)(F)F. The number of fused-ring (bicyclic) bond motifs is 3. The molecule has 8 rings (SSSR count). The van der Waals surface area contributed by atoms with Gasteiger partial charge < -0.3 is 39.0 Å². The summed E-state index contributed by atoms with van der Waals surface area (Å²) in [5.41, 5.74) is -6.12. The molecule has 0 aromatic heterocycles. The van der Waals surface area contributed by atoms with Gasteiger partial charge in [0.2, 0.25) is 17.7 Å². The van der Waals surface area contributed by atoms with Gasteiger partial charge in [0.1, 0.15) is 17.1 Å². The number of nitrogens with one attached hydrogen (secondary N) is 1. The predicted octanol–water partition coefficient (Wildman–Crippen LogP) is 6.09. The van der Waals surface area contributed by atoms with Gasteiger partial charge in [-0.15, -0.1) is 0 Å². The number of benzene rings is 1. The molecule has 0 unspecified atom stereocenters. The van der Waals surface area contributed by atoms with Crippen LogP contribution in [0.4, 0.5) is 31.1 Å². The van der Waals surface area contributed by atoms with Crippen molar-refractivity contribution in [2.45, 2.75) is 121 Å². The van der Waals surface area contributed by atoms with Crippen LogP contribution >= 0.6 is 0 Å². The Morgan fingerprint density at radius 2 is 1.52 bits per heavy atom. The van der Waals surface area contributed by atoms with Crippen LogP contribution in [0.3, 0.4) is 0 Å². The molecule has 4 amide bonds. The maximum Gasteiger partial charge on any atom is 0.417 e. The molecule has 1 spiro atoms. The van der Waals surface area contributed by atoms with Gasteiger partial charge in [0.15, 0.2) is 0 Å². The Hall–Kier alpha value is -4.13. The predicted molar refractivity (Wildman–Crippen MR) is 207 cm³/mol. The Morgan fingerprint density at radius 1 is 0.887 bits per heavy atom. The third-order valence-corrected chi connectivity index (χ3v) is 14.0. The fraction of sp³-hybridized carbons (Fsp3) is 0.744. The highest BCUT2D eigenvalue weighted by Crippen LogP contribution is 2.60. The van der Waals surface area contributed by atoms with Crippen LogP contribution in [0.15, 0.2) is 18.2 Å². The summed E-state index contributed by atoms with van der Waals surface area (Å²) in [5, 5.41) is 2.90. The first-order valence-corrected chi connectivity index (χ1v) is 21.4. The van der Waals surface area contributed by atoms with Gasteiger partial charge in [-0.05, 0) is 103 Å². The zero-order valence-corrected chi connectivity index (χ0v) is 35.7. The van der Waals surface area contributed by atoms with Crippen molar-refractivity contribution in [2.24, 2.45) is 22.2 Å². The highest BCUT2D eigenvalue weighted by molar-refractivity contribution is 5.92. The number of piperidine rings is 1. The van der Waals surface area contributed by atoms with Crippen molar-refractivity contribution in [3.8, 4) is 0 Å². The Bertz CT molecular complexity index is 1900. The topological polar surface area (TPSA) is 144 Å². The summed E-state index contributed by atoms with van der Waals surface area (Å²) in [6.07, 6.45) is -7.57. The molecular weight excluding hydrogens is 830 g/mol. The summed E-state index contributed by atoms with van der Waals surface area (Å²) in [6.45, 7) is 7.01. The summed E-state index contributed by atoms with van der Waals surface area (Å²) in [7, 11) is 0.998. The quantitative estimate of drug-likeness (QED) is 0.218. The molecule has 7 fully saturated rings. The monoisotopic (exact) mass is 886 g/mol. The minimum Gasteiger partial charge on any atom is -0.465 e. The van der Waals surface area contributed by atoms with Crippen LogP contribution in [0.25, 0.3) is 0 Å². The number of esters is 1. The minimum atomic E-state index is -4.82. The second-order valence-corrected chi connectivity index (χ2v) is 19.4. The highest BCUT2D eigenvalue weighted by atomic mass is 19.4. The first-order valence-electron chi connectivity index (χ1n) is 21.4. The van der Waals surface area contributed by atoms with Gasteiger partial charge in [-0.2, -0.15) is 26.3 Å². The number of carbonyl (C=O) groups excluding carboxylic acids is 5. The number of hydrogen-bond acceptors (Lipinski definition) is 9. The smallest absolute Gasteiger partial charge is 0.417 e. The number of alkyl halides is 6. The van der Waals surface area contributed by atoms with Gasteiger partial charge in [0, 0.05) is 50.1 Å². The van der Waals surface area contributed by atoms with Crippen LogP contribution in [-0.2, 0) is 39.5 Å². The van der Waals surface area contributed by atoms with Crippen molar-refractivity contribution < 1.29 is 69.3 Å². The van der Waals surface area contributed by atoms with E-state index in [2.05, 4.69) is 10.1 Å². The standard InChI is InChI=1S/C43H56F6N4O9/c1-25(60-23-39-12-8-28(9-13-39)61-24-39)32(34(55)51-16-10-26(11-17-51)27-6-7-29(35(56)59-5)30(18-27)42(44,45)46)50-33(54)31-19-52(37(58)62-38(2,3)4)20-40(31)21-53(22-40)36(57)41(14-15-41)43(47,48)49/h6-7,18,25-26,28,31-32H,8-17,19-24H2,1-5H3,(H,50,54)/t25-,28?,31+,32+,39?/m1/s1. The molecule has 344 valence electrons. The average molecular weight is 887 g/mol. The lowest BCUT2D eigenvalue weighted by Crippen LogP contribution is -2.67. The van der Waals surface area contributed by atoms with Crippen molar-refractivity contribution in [2.75, 3.05) is 59.6 Å². The van der Waals surface area contributed by atoms with Gasteiger partial charge in [-0.1, -0.05) is 6.07 Å². The van der Waals surface area contributed by atoms with Crippen LogP contribution < -0.4 is 5.32 Å². The molecule has 5 heterocycles. The number of likely N-dealkylation sites (tertiary alicyclic amines) is 3. The zero-order valence-electron chi connectivity index (χ0n) is 35.7. The Balaban J connectivity index is 1.10. The molecule has 1 aromatic rings. The molecule has 2 aliphatic carbocycles. The van der Waals surface area contributed by atoms with E-state index in [1.165, 1.54) is 15.9 Å². The third kappa shape index (κ3) is 8.98. The van der Waals surface area contributed by atoms with E-state index in [1.807, 2.05) is 0 Å². The molecular formula is C43H56F6N4O9. The van der Waals surface area contributed by atoms with Crippen LogP contribution in [0.2, 0.25) is 0 Å². The number of carbonyl (C=O) groups is 5. The molecule has 5 aliphatic heterocycles. The summed E-state index contributed by atoms with van der Waals surface area (Å²) in [6, 6.07) is 2.21. The minimum absolute atomic E-state index is 0.0683. The molecule has 0 radical (unpaired) electrons. The van der Waals surface area contributed by atoms with Crippen LogP contribution in [0, 0.1) is 22.2 Å². The molecule has 1 aromatic carbocycles. The Morgan fingerprint density at radius 3 is 2.05 bits per heavy atom. The van der Waals surface area contributed by atoms with E-state index in [0.29, 0.717) is 12.2 Å². The lowest BCUT2D eigenvalue weighted by Gasteiger charge is -2.51. The van der Waals surface area contributed by atoms with Crippen molar-refractivity contribution in [1.29, 1.82) is 0 Å². The normalized spacial score (nSPS) is 26.7. The molecule has 62 heavy (non-hydrogen) atoms. The summed E-state index contributed by atoms with van der Waals surface area (Å²) in [5.74, 6) is -4.74. The summed E-state index contributed by atoms with van der Waals surface area (Å²) in [4.78, 5) is 71.8. The third-order valence-electron chi connectivity index (χ3n) is 14.0. The number of rotatable bonds is 10. The first kappa shape index (κ1) is 45.9. The number of halogens is 6. The van der Waals surface area contributed by atoms with E-state index < -0.39 is 87.8 Å². The van der Waals surface area contributed by atoms with E-state index in [4.69, 9.17) is 14.2 Å². The fourth-order valence-electron chi connectivity index (χ4n) is 10.0. The highest BCUT2D eigenvalue weighted by Gasteiger charge is 2.72. The number of ether oxygens (including phenoxy) is 4. The first-order chi connectivity index (χ1) is 28.9. The molecule has 1 N–H and O–H groups in total. The van der Waals surface area contributed by atoms with Crippen molar-refractivity contribution in [3.05, 3.63) is 34.9 Å². The van der Waals surface area contributed by atoms with Crippen molar-refractivity contribution in [3.63, 3.8) is 0 Å². The molecule has 19 heteroatoms. The Kier molecular flexibility index (Phi) is 12.2. The molecule has 7 aliphatic rings. The van der Waals surface area contributed by atoms with Gasteiger partial charge in [-0.25, -0.2) is 9.59 Å². The molecule has 2 bridgehead atoms. The number of nitrogens with zero attached hydrogens (tertiary/aromatic N) is 3. The second kappa shape index (κ2) is 16.5. The van der Waals surface area contributed by atoms with E-state index in [-0.39, 0.29) is 89.0 Å². The molecule has 2 saturated carbocycles. The molecule has 5 saturated heterocycles. The van der Waals surface area contributed by atoms with Gasteiger partial charge in [-0.3, -0.25) is 14.4 Å². The van der Waals surface area contributed by atoms with Crippen LogP contribution in [0.1, 0.15) is 106 Å². The van der Waals surface area contributed by atoms with Gasteiger partial charge in [0.25, 0.3) is 0 Å². The number of amides is 4. The molecule has 13 nitrogen and oxygen atoms in total. The second-order valence-electron chi connectivity index (χ2n) is 19.4.